The summed E-state index contributed by atoms with van der Waals surface area (Å²) in [6, 6.07) is 8.01. The van der Waals surface area contributed by atoms with Crippen molar-refractivity contribution in [3.8, 4) is 0 Å². The lowest BCUT2D eigenvalue weighted by Crippen LogP contribution is -2.40. The number of amides is 1. The van der Waals surface area contributed by atoms with Gasteiger partial charge in [-0.25, -0.2) is 14.2 Å². The fourth-order valence-electron chi connectivity index (χ4n) is 5.18. The van der Waals surface area contributed by atoms with E-state index in [1.807, 2.05) is 17.7 Å². The normalized spacial score (nSPS) is 17.4. The van der Waals surface area contributed by atoms with Gasteiger partial charge in [0.05, 0.1) is 17.6 Å². The van der Waals surface area contributed by atoms with Crippen LogP contribution in [-0.2, 0) is 24.8 Å². The lowest BCUT2D eigenvalue weighted by Gasteiger charge is -2.33. The van der Waals surface area contributed by atoms with E-state index in [9.17, 15) is 22.4 Å². The largest absolute Gasteiger partial charge is 0.403 e. The predicted molar refractivity (Wildman–Crippen MR) is 136 cm³/mol. The first-order valence-corrected chi connectivity index (χ1v) is 12.8. The molecule has 2 fully saturated rings. The number of carbonyl (C=O) groups is 1. The number of nitrogens with one attached hydrogen (secondary N) is 1. The summed E-state index contributed by atoms with van der Waals surface area (Å²) in [6.45, 7) is 11.6. The third-order valence-corrected chi connectivity index (χ3v) is 7.95. The van der Waals surface area contributed by atoms with Crippen LogP contribution < -0.4 is 10.2 Å². The van der Waals surface area contributed by atoms with E-state index >= 15 is 0 Å². The van der Waals surface area contributed by atoms with Gasteiger partial charge in [0, 0.05) is 38.8 Å². The number of anilines is 1. The molecule has 10 heteroatoms. The van der Waals surface area contributed by atoms with E-state index in [4.69, 9.17) is 6.57 Å². The Morgan fingerprint density at radius 3 is 2.55 bits per heavy atom. The van der Waals surface area contributed by atoms with Gasteiger partial charge in [0.15, 0.2) is 0 Å². The van der Waals surface area contributed by atoms with E-state index < -0.39 is 23.3 Å². The van der Waals surface area contributed by atoms with E-state index in [0.717, 1.165) is 37.1 Å². The van der Waals surface area contributed by atoms with E-state index in [0.29, 0.717) is 34.1 Å². The van der Waals surface area contributed by atoms with E-state index in [-0.39, 0.29) is 25.8 Å². The van der Waals surface area contributed by atoms with Crippen LogP contribution in [0.3, 0.4) is 0 Å². The predicted octanol–water partition coefficient (Wildman–Crippen LogP) is 6.05. The highest BCUT2D eigenvalue weighted by Gasteiger charge is 2.68. The second-order valence-corrected chi connectivity index (χ2v) is 10.6. The van der Waals surface area contributed by atoms with Crippen molar-refractivity contribution in [2.45, 2.75) is 51.7 Å². The fourth-order valence-corrected chi connectivity index (χ4v) is 5.18. The zero-order valence-electron chi connectivity index (χ0n) is 21.3. The van der Waals surface area contributed by atoms with Gasteiger partial charge in [-0.05, 0) is 60.9 Å². The van der Waals surface area contributed by atoms with Crippen LogP contribution in [0.4, 0.5) is 28.9 Å². The Morgan fingerprint density at radius 1 is 1.21 bits per heavy atom. The topological polar surface area (TPSA) is 54.5 Å². The molecule has 0 unspecified atom stereocenters. The first kappa shape index (κ1) is 26.0. The van der Waals surface area contributed by atoms with Gasteiger partial charge in [-0.15, -0.1) is 0 Å². The summed E-state index contributed by atoms with van der Waals surface area (Å²) in [4.78, 5) is 22.8. The molecule has 0 bridgehead atoms. The molecular formula is C28H29F4N5O. The quantitative estimate of drug-likeness (QED) is 0.314. The van der Waals surface area contributed by atoms with Gasteiger partial charge in [-0.3, -0.25) is 4.79 Å². The third kappa shape index (κ3) is 4.70. The minimum Gasteiger partial charge on any atom is -0.380 e. The molecule has 0 atom stereocenters. The molecular weight excluding hydrogens is 498 g/mol. The SMILES string of the molecule is [C-]#[N+]c1cc2nc(Cc3cc(CNC(=O)C4(C(F)(F)F)CC4)ccc3F)n(C)c2cc1N1CCC(C)CC1. The number of rotatable bonds is 6. The Kier molecular flexibility index (Phi) is 6.58. The summed E-state index contributed by atoms with van der Waals surface area (Å²) in [5.74, 6) is -0.255. The van der Waals surface area contributed by atoms with E-state index in [2.05, 4.69) is 27.0 Å². The second kappa shape index (κ2) is 9.61. The highest BCUT2D eigenvalue weighted by Crippen LogP contribution is 2.57. The molecule has 1 aliphatic heterocycles. The van der Waals surface area contributed by atoms with Crippen LogP contribution in [0.25, 0.3) is 15.9 Å². The molecule has 38 heavy (non-hydrogen) atoms. The van der Waals surface area contributed by atoms with Crippen molar-refractivity contribution in [1.29, 1.82) is 0 Å². The Labute approximate surface area is 218 Å². The third-order valence-electron chi connectivity index (χ3n) is 7.95. The maximum Gasteiger partial charge on any atom is 0.403 e. The number of aryl methyl sites for hydroxylation is 1. The van der Waals surface area contributed by atoms with Crippen molar-refractivity contribution in [3.63, 3.8) is 0 Å². The standard InChI is InChI=1S/C28H29F4N5O/c1-17-6-10-37(11-7-17)24-15-23-22(14-21(24)33-2)35-25(36(23)3)13-19-12-18(4-5-20(19)29)16-34-26(38)27(8-9-27)28(30,31)32/h4-5,12,14-15,17H,6-11,13,16H2,1,3H3,(H,34,38). The molecule has 1 saturated carbocycles. The molecule has 1 saturated heterocycles. The molecule has 2 aromatic carbocycles. The number of alkyl halides is 3. The van der Waals surface area contributed by atoms with Crippen LogP contribution in [0.15, 0.2) is 30.3 Å². The maximum atomic E-state index is 14.7. The van der Waals surface area contributed by atoms with E-state index in [1.165, 1.54) is 12.1 Å². The fraction of sp³-hybridized carbons (Fsp3) is 0.464. The molecule has 1 amide bonds. The second-order valence-electron chi connectivity index (χ2n) is 10.6. The molecule has 0 spiro atoms. The van der Waals surface area contributed by atoms with Crippen LogP contribution in [0, 0.1) is 23.7 Å². The first-order valence-electron chi connectivity index (χ1n) is 12.8. The van der Waals surface area contributed by atoms with Gasteiger partial charge in [-0.2, -0.15) is 13.2 Å². The monoisotopic (exact) mass is 527 g/mol. The molecule has 6 nitrogen and oxygen atoms in total. The Balaban J connectivity index is 1.37. The number of hydrogen-bond donors (Lipinski definition) is 1. The zero-order chi connectivity index (χ0) is 27.2. The molecule has 2 aliphatic rings. The Hall–Kier alpha value is -3.61. The van der Waals surface area contributed by atoms with Gasteiger partial charge in [0.1, 0.15) is 17.1 Å². The van der Waals surface area contributed by atoms with Gasteiger partial charge in [0.25, 0.3) is 0 Å². The lowest BCUT2D eigenvalue weighted by molar-refractivity contribution is -0.192. The number of imidazole rings is 1. The molecule has 200 valence electrons. The summed E-state index contributed by atoms with van der Waals surface area (Å²) < 4.78 is 56.3. The number of aromatic nitrogens is 2. The van der Waals surface area contributed by atoms with Crippen LogP contribution in [-0.4, -0.2) is 34.7 Å². The number of hydrogen-bond acceptors (Lipinski definition) is 3. The smallest absolute Gasteiger partial charge is 0.380 e. The van der Waals surface area contributed by atoms with Crippen LogP contribution in [0.2, 0.25) is 0 Å². The summed E-state index contributed by atoms with van der Waals surface area (Å²) in [7, 11) is 1.85. The van der Waals surface area contributed by atoms with Crippen molar-refractivity contribution in [1.82, 2.24) is 14.9 Å². The Bertz CT molecular complexity index is 1430. The highest BCUT2D eigenvalue weighted by atomic mass is 19.4. The highest BCUT2D eigenvalue weighted by molar-refractivity contribution is 5.89. The molecule has 3 aromatic rings. The van der Waals surface area contributed by atoms with Gasteiger partial charge < -0.3 is 14.8 Å². The molecule has 1 aliphatic carbocycles. The van der Waals surface area contributed by atoms with Crippen molar-refractivity contribution in [2.75, 3.05) is 18.0 Å². The number of nitrogens with zero attached hydrogens (tertiary/aromatic N) is 4. The van der Waals surface area contributed by atoms with Crippen molar-refractivity contribution in [2.24, 2.45) is 18.4 Å². The minimum absolute atomic E-state index is 0.126. The summed E-state index contributed by atoms with van der Waals surface area (Å²) in [5.41, 5.74) is 1.43. The Morgan fingerprint density at radius 2 is 1.92 bits per heavy atom. The lowest BCUT2D eigenvalue weighted by atomic mass is 9.98. The van der Waals surface area contributed by atoms with Crippen LogP contribution >= 0.6 is 0 Å². The van der Waals surface area contributed by atoms with Gasteiger partial charge >= 0.3 is 6.18 Å². The van der Waals surface area contributed by atoms with E-state index in [1.54, 1.807) is 12.1 Å². The number of benzene rings is 2. The molecule has 5 rings (SSSR count). The zero-order valence-corrected chi connectivity index (χ0v) is 21.3. The molecule has 1 N–H and O–H groups in total. The number of piperidine rings is 1. The van der Waals surface area contributed by atoms with Gasteiger partial charge in [-0.1, -0.05) is 19.1 Å². The van der Waals surface area contributed by atoms with Crippen LogP contribution in [0.5, 0.6) is 0 Å². The summed E-state index contributed by atoms with van der Waals surface area (Å²) in [5, 5.41) is 2.37. The van der Waals surface area contributed by atoms with Crippen molar-refractivity contribution >= 4 is 28.3 Å². The summed E-state index contributed by atoms with van der Waals surface area (Å²) in [6.07, 6.45) is -2.71. The number of fused-ring (bicyclic) bond motifs is 1. The number of halogens is 4. The van der Waals surface area contributed by atoms with Gasteiger partial charge in [0.2, 0.25) is 11.6 Å². The van der Waals surface area contributed by atoms with Crippen LogP contribution in [0.1, 0.15) is 49.6 Å². The number of carbonyl (C=O) groups excluding carboxylic acids is 1. The summed E-state index contributed by atoms with van der Waals surface area (Å²) >= 11 is 0. The maximum absolute atomic E-state index is 14.7. The average molecular weight is 528 g/mol. The molecule has 2 heterocycles. The van der Waals surface area contributed by atoms with Crippen molar-refractivity contribution in [3.05, 3.63) is 64.5 Å². The molecule has 0 radical (unpaired) electrons. The van der Waals surface area contributed by atoms with Crippen molar-refractivity contribution < 1.29 is 22.4 Å². The minimum atomic E-state index is -4.58. The molecule has 1 aromatic heterocycles. The first-order chi connectivity index (χ1) is 18.0. The average Bonchev–Trinajstić information content (AvgIpc) is 3.66.